The van der Waals surface area contributed by atoms with E-state index in [-0.39, 0.29) is 6.61 Å². The Labute approximate surface area is 175 Å². The van der Waals surface area contributed by atoms with Crippen molar-refractivity contribution in [3.63, 3.8) is 0 Å². The van der Waals surface area contributed by atoms with Crippen LogP contribution in [0.4, 0.5) is 11.4 Å². The summed E-state index contributed by atoms with van der Waals surface area (Å²) in [5, 5.41) is 10.9. The highest BCUT2D eigenvalue weighted by Gasteiger charge is 2.36. The summed E-state index contributed by atoms with van der Waals surface area (Å²) in [5.74, 6) is 1.29. The average Bonchev–Trinajstić information content (AvgIpc) is 3.54. The van der Waals surface area contributed by atoms with E-state index in [1.54, 1.807) is 6.07 Å². The number of piperidine rings is 1. The van der Waals surface area contributed by atoms with Gasteiger partial charge in [0.1, 0.15) is 0 Å². The minimum Gasteiger partial charge on any atom is -0.397 e. The van der Waals surface area contributed by atoms with E-state index in [0.29, 0.717) is 44.6 Å². The zero-order chi connectivity index (χ0) is 19.8. The lowest BCUT2D eigenvalue weighted by atomic mass is 9.87. The minimum atomic E-state index is -0.187. The van der Waals surface area contributed by atoms with Crippen molar-refractivity contribution in [3.8, 4) is 11.3 Å². The van der Waals surface area contributed by atoms with E-state index < -0.39 is 0 Å². The molecule has 1 aromatic carbocycles. The molecule has 0 spiro atoms. The fourth-order valence-corrected chi connectivity index (χ4v) is 4.70. The van der Waals surface area contributed by atoms with Crippen LogP contribution >= 0.6 is 23.2 Å². The molecule has 4 rings (SSSR count). The highest BCUT2D eigenvalue weighted by atomic mass is 35.5. The maximum Gasteiger partial charge on any atom is 0.0919 e. The average molecular weight is 421 g/mol. The predicted octanol–water partition coefficient (Wildman–Crippen LogP) is 4.08. The normalized spacial score (nSPS) is 19.1. The first-order chi connectivity index (χ1) is 13.5. The second-order valence-corrected chi connectivity index (χ2v) is 8.68. The van der Waals surface area contributed by atoms with Gasteiger partial charge in [0.25, 0.3) is 0 Å². The molecule has 1 aromatic heterocycles. The van der Waals surface area contributed by atoms with E-state index in [9.17, 15) is 5.11 Å². The standard InChI is InChI=1S/C21H26Cl2N4O/c22-15-3-1-2-14(19(15)23)17-10-16(24)21(18(11-28)26-17)27-8-6-13(7-9-27)20(25)12-4-5-12/h1-3,10,12-13,20,28H,4-9,11,25H2,(H2,24,26). The second kappa shape index (κ2) is 8.07. The largest absolute Gasteiger partial charge is 0.397 e. The minimum absolute atomic E-state index is 0.187. The molecule has 1 unspecified atom stereocenters. The number of hydrogen-bond acceptors (Lipinski definition) is 5. The molecule has 7 heteroatoms. The first-order valence-electron chi connectivity index (χ1n) is 9.84. The van der Waals surface area contributed by atoms with Crippen LogP contribution in [0.5, 0.6) is 0 Å². The smallest absolute Gasteiger partial charge is 0.0919 e. The van der Waals surface area contributed by atoms with Gasteiger partial charge in [-0.2, -0.15) is 0 Å². The van der Waals surface area contributed by atoms with Crippen LogP contribution in [-0.4, -0.2) is 29.2 Å². The first kappa shape index (κ1) is 19.8. The van der Waals surface area contributed by atoms with Crippen LogP contribution in [-0.2, 0) is 6.61 Å². The third-order valence-electron chi connectivity index (χ3n) is 6.04. The molecule has 28 heavy (non-hydrogen) atoms. The molecule has 2 fully saturated rings. The number of halogens is 2. The maximum atomic E-state index is 9.97. The van der Waals surface area contributed by atoms with E-state index in [2.05, 4.69) is 9.88 Å². The third-order valence-corrected chi connectivity index (χ3v) is 6.86. The third kappa shape index (κ3) is 3.81. The molecule has 1 saturated carbocycles. The molecule has 0 amide bonds. The lowest BCUT2D eigenvalue weighted by Gasteiger charge is -2.37. The topological polar surface area (TPSA) is 88.4 Å². The molecule has 2 heterocycles. The number of aromatic nitrogens is 1. The Morgan fingerprint density at radius 2 is 1.82 bits per heavy atom. The SMILES string of the molecule is Nc1cc(-c2cccc(Cl)c2Cl)nc(CO)c1N1CCC(C(N)C2CC2)CC1. The van der Waals surface area contributed by atoms with Gasteiger partial charge in [0.15, 0.2) is 0 Å². The Morgan fingerprint density at radius 1 is 1.14 bits per heavy atom. The van der Waals surface area contributed by atoms with Gasteiger partial charge in [-0.3, -0.25) is 0 Å². The molecule has 5 nitrogen and oxygen atoms in total. The molecule has 1 saturated heterocycles. The highest BCUT2D eigenvalue weighted by molar-refractivity contribution is 6.43. The fraction of sp³-hybridized carbons (Fsp3) is 0.476. The predicted molar refractivity (Wildman–Crippen MR) is 116 cm³/mol. The quantitative estimate of drug-likeness (QED) is 0.677. The van der Waals surface area contributed by atoms with Gasteiger partial charge in [0.05, 0.1) is 39.4 Å². The molecule has 150 valence electrons. The van der Waals surface area contributed by atoms with Crippen molar-refractivity contribution in [1.82, 2.24) is 4.98 Å². The molecule has 0 bridgehead atoms. The zero-order valence-electron chi connectivity index (χ0n) is 15.7. The van der Waals surface area contributed by atoms with Crippen molar-refractivity contribution in [2.45, 2.75) is 38.3 Å². The van der Waals surface area contributed by atoms with E-state index in [1.165, 1.54) is 12.8 Å². The monoisotopic (exact) mass is 420 g/mol. The second-order valence-electron chi connectivity index (χ2n) is 7.89. The van der Waals surface area contributed by atoms with Crippen LogP contribution in [0.1, 0.15) is 31.4 Å². The van der Waals surface area contributed by atoms with Crippen molar-refractivity contribution in [2.24, 2.45) is 17.6 Å². The molecule has 1 atom stereocenters. The molecular weight excluding hydrogens is 395 g/mol. The summed E-state index contributed by atoms with van der Waals surface area (Å²) in [5.41, 5.74) is 16.1. The molecule has 2 aromatic rings. The van der Waals surface area contributed by atoms with Crippen LogP contribution in [0.15, 0.2) is 24.3 Å². The maximum absolute atomic E-state index is 9.97. The number of rotatable bonds is 5. The van der Waals surface area contributed by atoms with Crippen molar-refractivity contribution < 1.29 is 5.11 Å². The van der Waals surface area contributed by atoms with Crippen molar-refractivity contribution in [3.05, 3.63) is 40.0 Å². The summed E-state index contributed by atoms with van der Waals surface area (Å²) < 4.78 is 0. The molecular formula is C21H26Cl2N4O. The molecule has 2 aliphatic rings. The van der Waals surface area contributed by atoms with E-state index in [1.807, 2.05) is 18.2 Å². The zero-order valence-corrected chi connectivity index (χ0v) is 17.3. The van der Waals surface area contributed by atoms with E-state index in [0.717, 1.165) is 37.5 Å². The van der Waals surface area contributed by atoms with Crippen LogP contribution in [0.2, 0.25) is 10.0 Å². The lowest BCUT2D eigenvalue weighted by Crippen LogP contribution is -2.42. The van der Waals surface area contributed by atoms with Gasteiger partial charge in [0.2, 0.25) is 0 Å². The number of aliphatic hydroxyl groups excluding tert-OH is 1. The Kier molecular flexibility index (Phi) is 5.70. The number of nitrogens with two attached hydrogens (primary N) is 2. The lowest BCUT2D eigenvalue weighted by molar-refractivity contribution is 0.276. The summed E-state index contributed by atoms with van der Waals surface area (Å²) in [7, 11) is 0. The van der Waals surface area contributed by atoms with Gasteiger partial charge in [-0.1, -0.05) is 35.3 Å². The van der Waals surface area contributed by atoms with E-state index >= 15 is 0 Å². The molecule has 5 N–H and O–H groups in total. The summed E-state index contributed by atoms with van der Waals surface area (Å²) in [6.45, 7) is 1.57. The molecule has 0 radical (unpaired) electrons. The van der Waals surface area contributed by atoms with Crippen LogP contribution in [0.25, 0.3) is 11.3 Å². The number of nitrogen functional groups attached to an aromatic ring is 1. The number of anilines is 2. The summed E-state index contributed by atoms with van der Waals surface area (Å²) in [4.78, 5) is 6.88. The van der Waals surface area contributed by atoms with Crippen molar-refractivity contribution >= 4 is 34.6 Å². The number of hydrogen-bond donors (Lipinski definition) is 3. The number of aliphatic hydroxyl groups is 1. The summed E-state index contributed by atoms with van der Waals surface area (Å²) in [6.07, 6.45) is 4.65. The van der Waals surface area contributed by atoms with Crippen LogP contribution in [0.3, 0.4) is 0 Å². The van der Waals surface area contributed by atoms with Gasteiger partial charge in [-0.05, 0) is 49.7 Å². The number of benzene rings is 1. The van der Waals surface area contributed by atoms with Gasteiger partial charge in [-0.15, -0.1) is 0 Å². The van der Waals surface area contributed by atoms with Crippen LogP contribution in [0, 0.1) is 11.8 Å². The van der Waals surface area contributed by atoms with Gasteiger partial charge >= 0.3 is 0 Å². The first-order valence-corrected chi connectivity index (χ1v) is 10.6. The Morgan fingerprint density at radius 3 is 2.46 bits per heavy atom. The molecule has 1 aliphatic carbocycles. The van der Waals surface area contributed by atoms with Crippen LogP contribution < -0.4 is 16.4 Å². The van der Waals surface area contributed by atoms with Crippen molar-refractivity contribution in [2.75, 3.05) is 23.7 Å². The van der Waals surface area contributed by atoms with Crippen molar-refractivity contribution in [1.29, 1.82) is 0 Å². The van der Waals surface area contributed by atoms with E-state index in [4.69, 9.17) is 34.7 Å². The number of nitrogens with zero attached hydrogens (tertiary/aromatic N) is 2. The Bertz CT molecular complexity index is 864. The summed E-state index contributed by atoms with van der Waals surface area (Å²) >= 11 is 12.5. The Hall–Kier alpha value is -1.53. The van der Waals surface area contributed by atoms with Gasteiger partial charge in [-0.25, -0.2) is 4.98 Å². The number of pyridine rings is 1. The highest BCUT2D eigenvalue weighted by Crippen LogP contribution is 2.40. The van der Waals surface area contributed by atoms with Gasteiger partial charge < -0.3 is 21.5 Å². The molecule has 1 aliphatic heterocycles. The van der Waals surface area contributed by atoms with Gasteiger partial charge in [0, 0.05) is 24.7 Å². The Balaban J connectivity index is 1.59. The summed E-state index contributed by atoms with van der Waals surface area (Å²) in [6, 6.07) is 7.54. The fourth-order valence-electron chi connectivity index (χ4n) is 4.30.